The maximum atomic E-state index is 11.0. The smallest absolute Gasteiger partial charge is 0.352 e. The summed E-state index contributed by atoms with van der Waals surface area (Å²) in [5.41, 5.74) is 2.35. The summed E-state index contributed by atoms with van der Waals surface area (Å²) in [6.45, 7) is 5.02. The zero-order valence-corrected chi connectivity index (χ0v) is 11.4. The van der Waals surface area contributed by atoms with Crippen LogP contribution in [0.2, 0.25) is 0 Å². The Balaban J connectivity index is 3.22. The summed E-state index contributed by atoms with van der Waals surface area (Å²) in [5.74, 6) is -0.828. The van der Waals surface area contributed by atoms with Gasteiger partial charge in [0.15, 0.2) is 0 Å². The van der Waals surface area contributed by atoms with Crippen molar-refractivity contribution in [3.05, 3.63) is 34.5 Å². The minimum atomic E-state index is -1.18. The molecule has 0 bridgehead atoms. The first-order valence-electron chi connectivity index (χ1n) is 5.73. The van der Waals surface area contributed by atoms with Crippen molar-refractivity contribution < 1.29 is 19.4 Å². The number of carbonyl (C=O) groups is 2. The molecule has 102 valence electrons. The highest BCUT2D eigenvalue weighted by Crippen LogP contribution is 2.25. The first-order chi connectivity index (χ1) is 8.85. The fraction of sp³-hybridized carbons (Fsp3) is 0.286. The molecule has 1 amide bonds. The van der Waals surface area contributed by atoms with Crippen molar-refractivity contribution in [2.24, 2.45) is 0 Å². The molecule has 0 atom stereocenters. The average Bonchev–Trinajstić information content (AvgIpc) is 2.27. The van der Waals surface area contributed by atoms with Crippen LogP contribution in [0, 0.1) is 13.8 Å². The number of ether oxygens (including phenoxy) is 1. The van der Waals surface area contributed by atoms with E-state index in [1.165, 1.54) is 13.0 Å². The molecule has 0 aromatic heterocycles. The van der Waals surface area contributed by atoms with Crippen LogP contribution in [0.25, 0.3) is 6.08 Å². The summed E-state index contributed by atoms with van der Waals surface area (Å²) in [4.78, 5) is 22.0. The van der Waals surface area contributed by atoms with E-state index in [1.54, 1.807) is 19.2 Å². The van der Waals surface area contributed by atoms with E-state index >= 15 is 0 Å². The van der Waals surface area contributed by atoms with Gasteiger partial charge in [-0.15, -0.1) is 0 Å². The highest BCUT2D eigenvalue weighted by Gasteiger charge is 2.10. The fourth-order valence-electron chi connectivity index (χ4n) is 1.90. The lowest BCUT2D eigenvalue weighted by atomic mass is 10.0. The minimum Gasteiger partial charge on any atom is -0.496 e. The summed E-state index contributed by atoms with van der Waals surface area (Å²) < 4.78 is 5.24. The number of hydrogen-bond acceptors (Lipinski definition) is 3. The van der Waals surface area contributed by atoms with Crippen molar-refractivity contribution in [2.75, 3.05) is 7.11 Å². The molecule has 1 aromatic rings. The molecule has 0 saturated carbocycles. The molecule has 0 aliphatic rings. The summed E-state index contributed by atoms with van der Waals surface area (Å²) >= 11 is 0. The molecule has 0 unspecified atom stereocenters. The zero-order valence-electron chi connectivity index (χ0n) is 11.4. The van der Waals surface area contributed by atoms with Gasteiger partial charge >= 0.3 is 5.97 Å². The molecule has 0 radical (unpaired) electrons. The molecule has 0 heterocycles. The molecule has 1 aromatic carbocycles. The van der Waals surface area contributed by atoms with Crippen molar-refractivity contribution in [1.82, 2.24) is 5.32 Å². The first kappa shape index (κ1) is 14.8. The van der Waals surface area contributed by atoms with Crippen LogP contribution in [-0.2, 0) is 9.59 Å². The lowest BCUT2D eigenvalue weighted by Gasteiger charge is -2.10. The van der Waals surface area contributed by atoms with Crippen LogP contribution >= 0.6 is 0 Å². The fourth-order valence-corrected chi connectivity index (χ4v) is 1.90. The number of carbonyl (C=O) groups excluding carboxylic acids is 1. The Morgan fingerprint density at radius 1 is 1.26 bits per heavy atom. The summed E-state index contributed by atoms with van der Waals surface area (Å²) in [5, 5.41) is 11.3. The second kappa shape index (κ2) is 6.04. The van der Waals surface area contributed by atoms with Gasteiger partial charge in [0.1, 0.15) is 11.4 Å². The Bertz CT molecular complexity index is 523. The van der Waals surface area contributed by atoms with Gasteiger partial charge < -0.3 is 15.2 Å². The molecule has 5 heteroatoms. The van der Waals surface area contributed by atoms with Crippen LogP contribution in [0.3, 0.4) is 0 Å². The average molecular weight is 263 g/mol. The number of aliphatic carboxylic acids is 1. The Morgan fingerprint density at radius 2 is 1.79 bits per heavy atom. The lowest BCUT2D eigenvalue weighted by molar-refractivity contribution is -0.134. The number of nitrogens with one attached hydrogen (secondary N) is 1. The van der Waals surface area contributed by atoms with E-state index in [0.717, 1.165) is 16.9 Å². The molecule has 1 rings (SSSR count). The number of rotatable bonds is 4. The van der Waals surface area contributed by atoms with Gasteiger partial charge in [-0.2, -0.15) is 0 Å². The Kier molecular flexibility index (Phi) is 4.69. The zero-order chi connectivity index (χ0) is 14.6. The number of methoxy groups -OCH3 is 1. The number of benzene rings is 1. The molecule has 0 saturated heterocycles. The van der Waals surface area contributed by atoms with Gasteiger partial charge in [-0.1, -0.05) is 0 Å². The monoisotopic (exact) mass is 263 g/mol. The molecular weight excluding hydrogens is 246 g/mol. The van der Waals surface area contributed by atoms with Gasteiger partial charge in [0.2, 0.25) is 5.91 Å². The van der Waals surface area contributed by atoms with Crippen molar-refractivity contribution in [3.8, 4) is 5.75 Å². The summed E-state index contributed by atoms with van der Waals surface area (Å²) in [6, 6.07) is 3.60. The lowest BCUT2D eigenvalue weighted by Crippen LogP contribution is -2.24. The van der Waals surface area contributed by atoms with Crippen LogP contribution in [0.15, 0.2) is 17.8 Å². The molecule has 0 aliphatic heterocycles. The topological polar surface area (TPSA) is 75.6 Å². The highest BCUT2D eigenvalue weighted by atomic mass is 16.5. The summed E-state index contributed by atoms with van der Waals surface area (Å²) in [7, 11) is 1.59. The third-order valence-corrected chi connectivity index (χ3v) is 2.54. The molecule has 0 fully saturated rings. The van der Waals surface area contributed by atoms with E-state index in [4.69, 9.17) is 9.84 Å². The van der Waals surface area contributed by atoms with Crippen molar-refractivity contribution in [2.45, 2.75) is 20.8 Å². The molecule has 0 aliphatic carbocycles. The van der Waals surface area contributed by atoms with Gasteiger partial charge in [0.25, 0.3) is 0 Å². The third kappa shape index (κ3) is 3.84. The number of carboxylic acids is 1. The van der Waals surface area contributed by atoms with Gasteiger partial charge in [-0.3, -0.25) is 4.79 Å². The van der Waals surface area contributed by atoms with Gasteiger partial charge in [-0.25, -0.2) is 4.79 Å². The van der Waals surface area contributed by atoms with Crippen LogP contribution in [0.5, 0.6) is 5.75 Å². The predicted molar refractivity (Wildman–Crippen MR) is 71.9 cm³/mol. The number of carboxylic acid groups (broad SMARTS) is 1. The van der Waals surface area contributed by atoms with E-state index in [0.29, 0.717) is 5.56 Å². The SMILES string of the molecule is COc1c(C)cc(/C=C(\NC(C)=O)C(=O)O)cc1C. The van der Waals surface area contributed by atoms with E-state index < -0.39 is 11.9 Å². The van der Waals surface area contributed by atoms with Crippen LogP contribution < -0.4 is 10.1 Å². The predicted octanol–water partition coefficient (Wildman–Crippen LogP) is 1.87. The summed E-state index contributed by atoms with van der Waals surface area (Å²) in [6.07, 6.45) is 1.42. The number of aryl methyl sites for hydroxylation is 2. The normalized spacial score (nSPS) is 11.1. The molecule has 2 N–H and O–H groups in total. The van der Waals surface area contributed by atoms with Crippen LogP contribution in [0.1, 0.15) is 23.6 Å². The Labute approximate surface area is 111 Å². The van der Waals surface area contributed by atoms with Crippen LogP contribution in [0.4, 0.5) is 0 Å². The molecule has 19 heavy (non-hydrogen) atoms. The van der Waals surface area contributed by atoms with Crippen LogP contribution in [-0.4, -0.2) is 24.1 Å². The van der Waals surface area contributed by atoms with Gasteiger partial charge in [0.05, 0.1) is 7.11 Å². The Morgan fingerprint density at radius 3 is 2.16 bits per heavy atom. The van der Waals surface area contributed by atoms with Crippen molar-refractivity contribution in [3.63, 3.8) is 0 Å². The van der Waals surface area contributed by atoms with E-state index in [9.17, 15) is 9.59 Å². The van der Waals surface area contributed by atoms with Gasteiger partial charge in [0, 0.05) is 6.92 Å². The molecule has 0 spiro atoms. The largest absolute Gasteiger partial charge is 0.496 e. The number of amides is 1. The van der Waals surface area contributed by atoms with Crippen molar-refractivity contribution >= 4 is 18.0 Å². The third-order valence-electron chi connectivity index (χ3n) is 2.54. The standard InChI is InChI=1S/C14H17NO4/c1-8-5-11(6-9(2)13(8)19-4)7-12(14(17)18)15-10(3)16/h5-7H,1-4H3,(H,15,16)(H,17,18)/b12-7-. The highest BCUT2D eigenvalue weighted by molar-refractivity contribution is 5.96. The second-order valence-corrected chi connectivity index (χ2v) is 4.23. The Hall–Kier alpha value is -2.30. The second-order valence-electron chi connectivity index (χ2n) is 4.23. The first-order valence-corrected chi connectivity index (χ1v) is 5.73. The van der Waals surface area contributed by atoms with E-state index in [1.807, 2.05) is 13.8 Å². The molecule has 5 nitrogen and oxygen atoms in total. The maximum Gasteiger partial charge on any atom is 0.352 e. The molecular formula is C14H17NO4. The minimum absolute atomic E-state index is 0.156. The van der Waals surface area contributed by atoms with E-state index in [2.05, 4.69) is 5.32 Å². The quantitative estimate of drug-likeness (QED) is 0.813. The maximum absolute atomic E-state index is 11.0. The number of hydrogen-bond donors (Lipinski definition) is 2. The van der Waals surface area contributed by atoms with Crippen molar-refractivity contribution in [1.29, 1.82) is 0 Å². The van der Waals surface area contributed by atoms with Gasteiger partial charge in [-0.05, 0) is 48.7 Å². The van der Waals surface area contributed by atoms with E-state index in [-0.39, 0.29) is 5.70 Å².